The fourth-order valence-electron chi connectivity index (χ4n) is 4.59. The number of ether oxygens (including phenoxy) is 3. The molecule has 3 N–H and O–H groups in total. The molecule has 42 heavy (non-hydrogen) atoms. The average molecular weight is 577 g/mol. The normalized spacial score (nSPS) is 15.5. The van der Waals surface area contributed by atoms with E-state index in [1.54, 1.807) is 49.6 Å². The molecule has 4 aromatic rings. The van der Waals surface area contributed by atoms with Gasteiger partial charge in [-0.1, -0.05) is 32.0 Å². The Kier molecular flexibility index (Phi) is 8.74. The van der Waals surface area contributed by atoms with Crippen molar-refractivity contribution in [3.05, 3.63) is 54.6 Å². The summed E-state index contributed by atoms with van der Waals surface area (Å²) in [6.07, 6.45) is 2.84. The molecule has 1 atom stereocenters. The molecule has 1 unspecified atom stereocenters. The van der Waals surface area contributed by atoms with E-state index in [1.165, 1.54) is 6.33 Å². The van der Waals surface area contributed by atoms with Gasteiger partial charge in [0.2, 0.25) is 5.88 Å². The summed E-state index contributed by atoms with van der Waals surface area (Å²) in [4.78, 5) is 23.5. The second-order valence-corrected chi connectivity index (χ2v) is 11.2. The molecular weight excluding hydrogens is 540 g/mol. The van der Waals surface area contributed by atoms with Crippen molar-refractivity contribution in [1.29, 1.82) is 0 Å². The lowest BCUT2D eigenvalue weighted by Crippen LogP contribution is -2.24. The van der Waals surface area contributed by atoms with Gasteiger partial charge in [0.1, 0.15) is 17.8 Å². The molecule has 2 amide bonds. The average Bonchev–Trinajstić information content (AvgIpc) is 3.60. The topological polar surface area (TPSA) is 144 Å². The summed E-state index contributed by atoms with van der Waals surface area (Å²) in [5.74, 6) is 2.90. The highest BCUT2D eigenvalue weighted by molar-refractivity contribution is 5.99. The summed E-state index contributed by atoms with van der Waals surface area (Å²) < 4.78 is 23.0. The van der Waals surface area contributed by atoms with Gasteiger partial charge in [-0.2, -0.15) is 0 Å². The highest BCUT2D eigenvalue weighted by Gasteiger charge is 2.21. The molecule has 0 bridgehead atoms. The number of hydrogen-bond donors (Lipinski definition) is 3. The van der Waals surface area contributed by atoms with Crippen molar-refractivity contribution in [1.82, 2.24) is 20.0 Å². The van der Waals surface area contributed by atoms with Gasteiger partial charge in [-0.05, 0) is 31.0 Å². The van der Waals surface area contributed by atoms with Gasteiger partial charge < -0.3 is 34.1 Å². The lowest BCUT2D eigenvalue weighted by Gasteiger charge is -2.16. The molecule has 222 valence electrons. The maximum Gasteiger partial charge on any atom is 0.324 e. The Morgan fingerprint density at radius 3 is 2.74 bits per heavy atom. The highest BCUT2D eigenvalue weighted by Crippen LogP contribution is 2.36. The number of amides is 2. The molecule has 0 spiro atoms. The van der Waals surface area contributed by atoms with Crippen LogP contribution >= 0.6 is 0 Å². The number of benzene rings is 2. The quantitative estimate of drug-likeness (QED) is 0.216. The van der Waals surface area contributed by atoms with Gasteiger partial charge in [-0.25, -0.2) is 14.8 Å². The van der Waals surface area contributed by atoms with Crippen LogP contribution in [0.25, 0.3) is 10.9 Å². The first-order chi connectivity index (χ1) is 20.2. The molecule has 12 nitrogen and oxygen atoms in total. The van der Waals surface area contributed by atoms with E-state index in [1.807, 2.05) is 20.8 Å². The Labute approximate surface area is 244 Å². The van der Waals surface area contributed by atoms with Crippen molar-refractivity contribution in [2.24, 2.45) is 0 Å². The van der Waals surface area contributed by atoms with Crippen LogP contribution in [0.1, 0.15) is 39.4 Å². The number of rotatable bonds is 10. The van der Waals surface area contributed by atoms with Crippen LogP contribution in [0.2, 0.25) is 0 Å². The predicted octanol–water partition coefficient (Wildman–Crippen LogP) is 5.20. The lowest BCUT2D eigenvalue weighted by molar-refractivity contribution is 0.172. The first-order valence-corrected chi connectivity index (χ1v) is 13.9. The molecule has 0 radical (unpaired) electrons. The van der Waals surface area contributed by atoms with Crippen LogP contribution in [0.3, 0.4) is 0 Å². The molecule has 0 aliphatic carbocycles. The van der Waals surface area contributed by atoms with Crippen LogP contribution in [0.4, 0.5) is 16.3 Å². The molecule has 1 saturated heterocycles. The minimum atomic E-state index is -0.469. The van der Waals surface area contributed by atoms with E-state index >= 15 is 0 Å². The fraction of sp³-hybridized carbons (Fsp3) is 0.400. The molecule has 2 aromatic heterocycles. The van der Waals surface area contributed by atoms with Crippen molar-refractivity contribution in [2.45, 2.75) is 45.1 Å². The maximum atomic E-state index is 12.6. The number of nitrogens with one attached hydrogen (secondary N) is 2. The minimum Gasteiger partial charge on any atom is -0.493 e. The van der Waals surface area contributed by atoms with Crippen LogP contribution in [0, 0.1) is 0 Å². The third kappa shape index (κ3) is 7.25. The number of likely N-dealkylation sites (tertiary alicyclic amines) is 1. The zero-order chi connectivity index (χ0) is 29.7. The highest BCUT2D eigenvalue weighted by atomic mass is 16.5. The summed E-state index contributed by atoms with van der Waals surface area (Å²) in [6.45, 7) is 8.98. The molecule has 2 aromatic carbocycles. The third-order valence-electron chi connectivity index (χ3n) is 6.81. The zero-order valence-electron chi connectivity index (χ0n) is 24.2. The molecule has 5 rings (SSSR count). The van der Waals surface area contributed by atoms with Gasteiger partial charge in [-0.15, -0.1) is 0 Å². The number of hydrogen-bond acceptors (Lipinski definition) is 10. The SMILES string of the molecule is COc1cc2c(Oc3cccc(NC(=O)Nc4cc(C(C)(C)C)on4)c3)ncnc2cc1OCCCN1CCC(O)C1. The van der Waals surface area contributed by atoms with E-state index in [0.29, 0.717) is 64.4 Å². The summed E-state index contributed by atoms with van der Waals surface area (Å²) in [6, 6.07) is 11.8. The van der Waals surface area contributed by atoms with Crippen LogP contribution in [-0.2, 0) is 5.41 Å². The largest absolute Gasteiger partial charge is 0.493 e. The summed E-state index contributed by atoms with van der Waals surface area (Å²) >= 11 is 0. The number of aliphatic hydroxyl groups excluding tert-OH is 1. The number of carbonyl (C=O) groups is 1. The second kappa shape index (κ2) is 12.6. The number of aliphatic hydroxyl groups is 1. The Morgan fingerprint density at radius 2 is 2.00 bits per heavy atom. The Morgan fingerprint density at radius 1 is 1.14 bits per heavy atom. The number of carbonyl (C=O) groups excluding carboxylic acids is 1. The molecular formula is C30H36N6O6. The third-order valence-corrected chi connectivity index (χ3v) is 6.81. The summed E-state index contributed by atoms with van der Waals surface area (Å²) in [5, 5.41) is 19.7. The molecule has 3 heterocycles. The van der Waals surface area contributed by atoms with Gasteiger partial charge in [-0.3, -0.25) is 5.32 Å². The van der Waals surface area contributed by atoms with E-state index in [0.717, 1.165) is 25.9 Å². The molecule has 1 aliphatic rings. The predicted molar refractivity (Wildman–Crippen MR) is 158 cm³/mol. The van der Waals surface area contributed by atoms with E-state index in [-0.39, 0.29) is 11.5 Å². The summed E-state index contributed by atoms with van der Waals surface area (Å²) in [7, 11) is 1.58. The van der Waals surface area contributed by atoms with Crippen LogP contribution in [0.15, 0.2) is 53.3 Å². The monoisotopic (exact) mass is 576 g/mol. The van der Waals surface area contributed by atoms with Gasteiger partial charge >= 0.3 is 6.03 Å². The number of anilines is 2. The Balaban J connectivity index is 1.23. The Hall–Kier alpha value is -4.42. The van der Waals surface area contributed by atoms with E-state index in [4.69, 9.17) is 18.7 Å². The number of fused-ring (bicyclic) bond motifs is 1. The smallest absolute Gasteiger partial charge is 0.324 e. The van der Waals surface area contributed by atoms with Gasteiger partial charge in [0.25, 0.3) is 0 Å². The lowest BCUT2D eigenvalue weighted by atomic mass is 9.93. The van der Waals surface area contributed by atoms with E-state index in [2.05, 4.69) is 30.7 Å². The fourth-order valence-corrected chi connectivity index (χ4v) is 4.59. The summed E-state index contributed by atoms with van der Waals surface area (Å²) in [5.41, 5.74) is 0.923. The Bertz CT molecular complexity index is 1530. The van der Waals surface area contributed by atoms with E-state index < -0.39 is 6.03 Å². The van der Waals surface area contributed by atoms with E-state index in [9.17, 15) is 9.90 Å². The minimum absolute atomic E-state index is 0.224. The number of aromatic nitrogens is 3. The molecule has 1 aliphatic heterocycles. The van der Waals surface area contributed by atoms with Gasteiger partial charge in [0, 0.05) is 48.9 Å². The van der Waals surface area contributed by atoms with Crippen molar-refractivity contribution in [2.75, 3.05) is 44.0 Å². The number of β-amino-alcohol motifs (C(OH)–C–C–N with tert-alkyl or cyclic N) is 1. The van der Waals surface area contributed by atoms with Crippen molar-refractivity contribution >= 4 is 28.4 Å². The van der Waals surface area contributed by atoms with Crippen LogP contribution in [-0.4, -0.2) is 70.6 Å². The second-order valence-electron chi connectivity index (χ2n) is 11.2. The van der Waals surface area contributed by atoms with Crippen LogP contribution in [0.5, 0.6) is 23.1 Å². The first kappa shape index (κ1) is 29.1. The number of methoxy groups -OCH3 is 1. The van der Waals surface area contributed by atoms with Crippen molar-refractivity contribution < 1.29 is 28.6 Å². The standard InChI is InChI=1S/C30H36N6O6/c1-30(2,3)26-16-27(35-42-26)34-29(38)33-19-7-5-8-21(13-19)41-28-22-14-24(39-4)25(15-23(22)31-18-32-28)40-12-6-10-36-11-9-20(37)17-36/h5,7-8,13-16,18,20,37H,6,9-12,17H2,1-4H3,(H2,33,34,35,38). The molecule has 1 fully saturated rings. The molecule has 12 heteroatoms. The zero-order valence-corrected chi connectivity index (χ0v) is 24.2. The van der Waals surface area contributed by atoms with Crippen molar-refractivity contribution in [3.8, 4) is 23.1 Å². The molecule has 0 saturated carbocycles. The van der Waals surface area contributed by atoms with Gasteiger partial charge in [0.05, 0.1) is 30.7 Å². The van der Waals surface area contributed by atoms with Crippen LogP contribution < -0.4 is 24.8 Å². The van der Waals surface area contributed by atoms with Gasteiger partial charge in [0.15, 0.2) is 17.3 Å². The number of nitrogens with zero attached hydrogens (tertiary/aromatic N) is 4. The maximum absolute atomic E-state index is 12.6. The van der Waals surface area contributed by atoms with Crippen molar-refractivity contribution in [3.63, 3.8) is 0 Å². The first-order valence-electron chi connectivity index (χ1n) is 13.9. The number of urea groups is 1.